The molecule has 1 N–H and O–H groups in total. The molecule has 0 aliphatic rings. The summed E-state index contributed by atoms with van der Waals surface area (Å²) in [7, 11) is 0. The average molecular weight is 392 g/mol. The number of nitrogens with zero attached hydrogens (tertiary/aromatic N) is 2. The number of aryl methyl sites for hydroxylation is 2. The van der Waals surface area contributed by atoms with Crippen LogP contribution < -0.4 is 5.32 Å². The molecule has 7 heteroatoms. The molecule has 1 amide bonds. The van der Waals surface area contributed by atoms with E-state index in [1.807, 2.05) is 19.9 Å². The molecule has 0 saturated carbocycles. The summed E-state index contributed by atoms with van der Waals surface area (Å²) in [5.41, 5.74) is 2.02. The van der Waals surface area contributed by atoms with Gasteiger partial charge in [0.15, 0.2) is 5.76 Å². The van der Waals surface area contributed by atoms with E-state index in [0.717, 1.165) is 11.4 Å². The van der Waals surface area contributed by atoms with Crippen molar-refractivity contribution in [2.24, 2.45) is 0 Å². The molecule has 0 aliphatic heterocycles. The van der Waals surface area contributed by atoms with Crippen molar-refractivity contribution in [3.8, 4) is 0 Å². The van der Waals surface area contributed by atoms with E-state index in [2.05, 4.69) is 26.3 Å². The fourth-order valence-corrected chi connectivity index (χ4v) is 2.68. The SMILES string of the molecule is Cc1cc(C)n(Cc2ccc(C(=O)Nc3ccc(Br)cc3F)o2)n1. The lowest BCUT2D eigenvalue weighted by molar-refractivity contribution is 0.0994. The number of benzene rings is 1. The van der Waals surface area contributed by atoms with E-state index in [9.17, 15) is 9.18 Å². The first-order chi connectivity index (χ1) is 11.4. The zero-order valence-electron chi connectivity index (χ0n) is 13.1. The molecule has 2 aromatic heterocycles. The van der Waals surface area contributed by atoms with Gasteiger partial charge in [-0.15, -0.1) is 0 Å². The van der Waals surface area contributed by atoms with Crippen LogP contribution in [0, 0.1) is 19.7 Å². The Balaban J connectivity index is 1.72. The highest BCUT2D eigenvalue weighted by Crippen LogP contribution is 2.20. The lowest BCUT2D eigenvalue weighted by Gasteiger charge is -2.05. The minimum Gasteiger partial charge on any atom is -0.454 e. The maximum absolute atomic E-state index is 13.8. The van der Waals surface area contributed by atoms with Crippen LogP contribution in [-0.2, 0) is 6.54 Å². The summed E-state index contributed by atoms with van der Waals surface area (Å²) in [6.45, 7) is 4.30. The molecule has 24 heavy (non-hydrogen) atoms. The Morgan fingerprint density at radius 2 is 2.08 bits per heavy atom. The number of hydrogen-bond acceptors (Lipinski definition) is 3. The van der Waals surface area contributed by atoms with Gasteiger partial charge in [-0.25, -0.2) is 4.39 Å². The van der Waals surface area contributed by atoms with E-state index >= 15 is 0 Å². The van der Waals surface area contributed by atoms with Gasteiger partial charge < -0.3 is 9.73 Å². The van der Waals surface area contributed by atoms with Crippen LogP contribution in [0.4, 0.5) is 10.1 Å². The lowest BCUT2D eigenvalue weighted by atomic mass is 10.3. The highest BCUT2D eigenvalue weighted by molar-refractivity contribution is 9.10. The Labute approximate surface area is 146 Å². The summed E-state index contributed by atoms with van der Waals surface area (Å²) in [6, 6.07) is 9.65. The van der Waals surface area contributed by atoms with Crippen LogP contribution in [0.5, 0.6) is 0 Å². The van der Waals surface area contributed by atoms with Crippen LogP contribution >= 0.6 is 15.9 Å². The Kier molecular flexibility index (Phi) is 4.53. The molecule has 2 heterocycles. The molecule has 124 valence electrons. The largest absolute Gasteiger partial charge is 0.454 e. The summed E-state index contributed by atoms with van der Waals surface area (Å²) >= 11 is 3.17. The van der Waals surface area contributed by atoms with Gasteiger partial charge in [-0.3, -0.25) is 9.48 Å². The number of carbonyl (C=O) groups excluding carboxylic acids is 1. The first-order valence-corrected chi connectivity index (χ1v) is 8.08. The van der Waals surface area contributed by atoms with Gasteiger partial charge in [0, 0.05) is 10.2 Å². The van der Waals surface area contributed by atoms with Crippen LogP contribution in [0.1, 0.15) is 27.7 Å². The molecule has 0 fully saturated rings. The van der Waals surface area contributed by atoms with E-state index in [1.165, 1.54) is 12.1 Å². The average Bonchev–Trinajstić information content (AvgIpc) is 3.09. The number of rotatable bonds is 4. The van der Waals surface area contributed by atoms with Gasteiger partial charge >= 0.3 is 0 Å². The summed E-state index contributed by atoms with van der Waals surface area (Å²) in [5, 5.41) is 6.84. The minimum atomic E-state index is -0.521. The second-order valence-corrected chi connectivity index (χ2v) is 6.34. The number of nitrogens with one attached hydrogen (secondary N) is 1. The van der Waals surface area contributed by atoms with Crippen molar-refractivity contribution in [3.05, 3.63) is 69.6 Å². The lowest BCUT2D eigenvalue weighted by Crippen LogP contribution is -2.12. The maximum Gasteiger partial charge on any atom is 0.291 e. The fourth-order valence-electron chi connectivity index (χ4n) is 2.34. The zero-order chi connectivity index (χ0) is 17.3. The van der Waals surface area contributed by atoms with Gasteiger partial charge in [0.2, 0.25) is 0 Å². The standard InChI is InChI=1S/C17H15BrFN3O2/c1-10-7-11(2)22(21-10)9-13-4-6-16(24-13)17(23)20-15-5-3-12(18)8-14(15)19/h3-8H,9H2,1-2H3,(H,20,23). The normalized spacial score (nSPS) is 10.8. The number of hydrogen-bond donors (Lipinski definition) is 1. The first-order valence-electron chi connectivity index (χ1n) is 7.28. The van der Waals surface area contributed by atoms with E-state index in [1.54, 1.807) is 22.9 Å². The van der Waals surface area contributed by atoms with Crippen molar-refractivity contribution in [2.45, 2.75) is 20.4 Å². The molecule has 3 rings (SSSR count). The molecule has 0 unspecified atom stereocenters. The Hall–Kier alpha value is -2.41. The van der Waals surface area contributed by atoms with Gasteiger partial charge in [-0.2, -0.15) is 5.10 Å². The highest BCUT2D eigenvalue weighted by Gasteiger charge is 2.14. The second kappa shape index (κ2) is 6.60. The predicted molar refractivity (Wildman–Crippen MR) is 91.6 cm³/mol. The first kappa shape index (κ1) is 16.4. The second-order valence-electron chi connectivity index (χ2n) is 5.43. The monoisotopic (exact) mass is 391 g/mol. The van der Waals surface area contributed by atoms with Crippen LogP contribution in [0.3, 0.4) is 0 Å². The van der Waals surface area contributed by atoms with Crippen molar-refractivity contribution in [1.82, 2.24) is 9.78 Å². The van der Waals surface area contributed by atoms with Gasteiger partial charge in [0.1, 0.15) is 11.6 Å². The number of carbonyl (C=O) groups is 1. The van der Waals surface area contributed by atoms with Crippen molar-refractivity contribution in [1.29, 1.82) is 0 Å². The summed E-state index contributed by atoms with van der Waals surface area (Å²) < 4.78 is 21.7. The predicted octanol–water partition coefficient (Wildman–Crippen LogP) is 4.30. The van der Waals surface area contributed by atoms with Gasteiger partial charge in [-0.1, -0.05) is 15.9 Å². The third-order valence-electron chi connectivity index (χ3n) is 3.47. The molecule has 0 saturated heterocycles. The summed E-state index contributed by atoms with van der Waals surface area (Å²) in [5.74, 6) is -0.306. The number of anilines is 1. The number of aromatic nitrogens is 2. The highest BCUT2D eigenvalue weighted by atomic mass is 79.9. The topological polar surface area (TPSA) is 60.1 Å². The Morgan fingerprint density at radius 1 is 1.29 bits per heavy atom. The molecular weight excluding hydrogens is 377 g/mol. The van der Waals surface area contributed by atoms with Crippen LogP contribution in [0.15, 0.2) is 45.3 Å². The van der Waals surface area contributed by atoms with Gasteiger partial charge in [0.05, 0.1) is 17.9 Å². The molecule has 0 atom stereocenters. The van der Waals surface area contributed by atoms with Crippen molar-refractivity contribution >= 4 is 27.5 Å². The number of amides is 1. The molecule has 0 radical (unpaired) electrons. The smallest absolute Gasteiger partial charge is 0.291 e. The van der Waals surface area contributed by atoms with E-state index in [4.69, 9.17) is 4.42 Å². The van der Waals surface area contributed by atoms with Gasteiger partial charge in [-0.05, 0) is 50.2 Å². The van der Waals surface area contributed by atoms with E-state index in [-0.39, 0.29) is 11.4 Å². The Bertz CT molecular complexity index is 901. The summed E-state index contributed by atoms with van der Waals surface area (Å²) in [6.07, 6.45) is 0. The van der Waals surface area contributed by atoms with Crippen molar-refractivity contribution in [3.63, 3.8) is 0 Å². The van der Waals surface area contributed by atoms with Crippen LogP contribution in [0.25, 0.3) is 0 Å². The van der Waals surface area contributed by atoms with Crippen molar-refractivity contribution in [2.75, 3.05) is 5.32 Å². The number of furan rings is 1. The molecule has 0 aliphatic carbocycles. The fraction of sp³-hybridized carbons (Fsp3) is 0.176. The third-order valence-corrected chi connectivity index (χ3v) is 3.97. The van der Waals surface area contributed by atoms with E-state index in [0.29, 0.717) is 16.8 Å². The van der Waals surface area contributed by atoms with Crippen LogP contribution in [0.2, 0.25) is 0 Å². The Morgan fingerprint density at radius 3 is 2.75 bits per heavy atom. The van der Waals surface area contributed by atoms with Crippen molar-refractivity contribution < 1.29 is 13.6 Å². The molecule has 5 nitrogen and oxygen atoms in total. The molecule has 0 spiro atoms. The van der Waals surface area contributed by atoms with Gasteiger partial charge in [0.25, 0.3) is 5.91 Å². The van der Waals surface area contributed by atoms with Crippen LogP contribution in [-0.4, -0.2) is 15.7 Å². The molecule has 3 aromatic rings. The quantitative estimate of drug-likeness (QED) is 0.721. The maximum atomic E-state index is 13.8. The third kappa shape index (κ3) is 3.56. The molecule has 0 bridgehead atoms. The number of halogens is 2. The molecular formula is C17H15BrFN3O2. The summed E-state index contributed by atoms with van der Waals surface area (Å²) in [4.78, 5) is 12.2. The van der Waals surface area contributed by atoms with E-state index < -0.39 is 11.7 Å². The minimum absolute atomic E-state index is 0.0969. The molecule has 1 aromatic carbocycles. The zero-order valence-corrected chi connectivity index (χ0v) is 14.7.